The fourth-order valence-corrected chi connectivity index (χ4v) is 16.6. The number of phosphoric ester groups is 3. The lowest BCUT2D eigenvalue weighted by Crippen LogP contribution is -2.55. The van der Waals surface area contributed by atoms with E-state index in [1.165, 1.54) is 13.8 Å². The largest absolute Gasteiger partial charge is 0.481 e. The molecule has 2 aromatic rings. The van der Waals surface area contributed by atoms with Crippen LogP contribution in [0.3, 0.4) is 0 Å². The molecule has 7 rings (SSSR count). The molecule has 2 unspecified atom stereocenters. The SMILES string of the molecule is C[C@H](CCC[C@@H](C)[C@H]1CC[C@H]2[C@@H]3[C@H](O)CC4=CC(=O)CC[C@]4(C)[C@H]3CC[C@]12C)C(=O)SCCNC(=O)CCNC(=O)[C@H](O)C(C)(C)COP(=O)(O)OP(=O)(O)OC[C@H]1O[C@@H](n2cnc3c(N)ncnc32)[C@H](O)[C@@H]1OP(=O)(O)O. The van der Waals surface area contributed by atoms with E-state index in [1.807, 2.05) is 13.0 Å². The first-order valence-corrected chi connectivity index (χ1v) is 31.8. The summed E-state index contributed by atoms with van der Waals surface area (Å²) in [6.07, 6.45) is 3.68. The number of imidazole rings is 1. The quantitative estimate of drug-likeness (QED) is 0.0491. The van der Waals surface area contributed by atoms with Gasteiger partial charge in [0.1, 0.15) is 36.3 Å². The zero-order valence-corrected chi connectivity index (χ0v) is 48.1. The highest BCUT2D eigenvalue weighted by Crippen LogP contribution is 2.68. The average Bonchev–Trinajstić information content (AvgIpc) is 4.21. The summed E-state index contributed by atoms with van der Waals surface area (Å²) in [6.45, 7) is 9.53. The van der Waals surface area contributed by atoms with Crippen LogP contribution in [0.2, 0.25) is 0 Å². The highest BCUT2D eigenvalue weighted by Gasteiger charge is 2.62. The summed E-state index contributed by atoms with van der Waals surface area (Å²) in [5, 5.41) is 38.4. The number of fused-ring (bicyclic) bond motifs is 6. The molecule has 0 spiro atoms. The highest BCUT2D eigenvalue weighted by atomic mass is 32.2. The zero-order chi connectivity index (χ0) is 57.3. The Hall–Kier alpha value is -3.07. The number of rotatable bonds is 25. The monoisotopic (exact) mass is 1180 g/mol. The summed E-state index contributed by atoms with van der Waals surface area (Å²) in [6, 6.07) is 0. The van der Waals surface area contributed by atoms with Crippen molar-refractivity contribution >= 4 is 74.9 Å². The topological polar surface area (TPSA) is 401 Å². The van der Waals surface area contributed by atoms with Crippen LogP contribution in [0.5, 0.6) is 0 Å². The molecule has 1 aliphatic heterocycles. The van der Waals surface area contributed by atoms with Crippen molar-refractivity contribution in [1.82, 2.24) is 30.2 Å². The Morgan fingerprint density at radius 1 is 0.974 bits per heavy atom. The maximum atomic E-state index is 13.0. The fraction of sp³-hybridized carbons (Fsp3) is 0.771. The van der Waals surface area contributed by atoms with Gasteiger partial charge in [0, 0.05) is 43.0 Å². The Morgan fingerprint density at radius 3 is 2.41 bits per heavy atom. The third-order valence-electron chi connectivity index (χ3n) is 17.2. The predicted octanol–water partition coefficient (Wildman–Crippen LogP) is 4.23. The number of ether oxygens (including phenoxy) is 1. The van der Waals surface area contributed by atoms with E-state index in [2.05, 4.69) is 55.2 Å². The molecule has 11 N–H and O–H groups in total. The molecular formula is C48H76N7O19P3S. The molecule has 4 fully saturated rings. The highest BCUT2D eigenvalue weighted by molar-refractivity contribution is 8.13. The molecule has 2 amide bonds. The van der Waals surface area contributed by atoms with Crippen molar-refractivity contribution in [3.05, 3.63) is 24.3 Å². The fourth-order valence-electron chi connectivity index (χ4n) is 13.0. The molecule has 3 saturated carbocycles. The number of carbonyl (C=O) groups excluding carboxylic acids is 4. The predicted molar refractivity (Wildman–Crippen MR) is 281 cm³/mol. The van der Waals surface area contributed by atoms with E-state index in [9.17, 15) is 67.8 Å². The molecule has 3 heterocycles. The number of aromatic nitrogens is 4. The first-order chi connectivity index (χ1) is 36.4. The molecule has 5 aliphatic rings. The summed E-state index contributed by atoms with van der Waals surface area (Å²) < 4.78 is 62.8. The van der Waals surface area contributed by atoms with Crippen LogP contribution in [0.1, 0.15) is 118 Å². The zero-order valence-electron chi connectivity index (χ0n) is 44.6. The Morgan fingerprint density at radius 2 is 1.69 bits per heavy atom. The number of phosphoric acid groups is 3. The Balaban J connectivity index is 0.766. The third kappa shape index (κ3) is 14.4. The Labute approximate surface area is 456 Å². The summed E-state index contributed by atoms with van der Waals surface area (Å²) in [7, 11) is -16.5. The van der Waals surface area contributed by atoms with Gasteiger partial charge >= 0.3 is 23.5 Å². The smallest absolute Gasteiger partial charge is 0.392 e. The van der Waals surface area contributed by atoms with Crippen LogP contribution in [0, 0.1) is 51.8 Å². The molecule has 16 atom stereocenters. The number of nitrogens with zero attached hydrogens (tertiary/aromatic N) is 4. The lowest BCUT2D eigenvalue weighted by molar-refractivity contribution is -0.137. The minimum absolute atomic E-state index is 0.00300. The van der Waals surface area contributed by atoms with Gasteiger partial charge in [0.15, 0.2) is 28.6 Å². The minimum Gasteiger partial charge on any atom is -0.392 e. The number of hydrogen-bond donors (Lipinski definition) is 10. The molecule has 30 heteroatoms. The molecule has 1 saturated heterocycles. The van der Waals surface area contributed by atoms with Gasteiger partial charge in [-0.2, -0.15) is 4.31 Å². The number of thioether (sulfide) groups is 1. The van der Waals surface area contributed by atoms with Crippen molar-refractivity contribution in [2.24, 2.45) is 51.8 Å². The number of aliphatic hydroxyl groups excluding tert-OH is 3. The standard InChI is InChI=1S/C48H76N7O19P3S/c1-26(30-10-11-31-36-32(13-16-48(30,31)6)47(5)15-12-29(56)20-28(47)21-33(36)57)8-7-9-27(2)45(62)78-19-18-50-35(58)14-17-51-43(61)40(60)46(3,4)23-71-77(68,69)74-76(66,67)70-22-34-39(73-75(63,64)65)38(59)44(72-34)55-25-54-37-41(49)52-24-53-42(37)55/h20,24-27,30-34,36,38-40,44,57,59-60H,7-19,21-23H2,1-6H3,(H,50,58)(H,51,61)(H,66,67)(H,68,69)(H2,49,52,53)(H2,63,64,65)/t26-,27-,30-,31+,32+,33-,34-,36+,38-,39-,40+,44-,47+,48-/m1/s1. The Bertz CT molecular complexity index is 2710. The Kier molecular flexibility index (Phi) is 19.9. The minimum atomic E-state index is -5.60. The molecule has 438 valence electrons. The van der Waals surface area contributed by atoms with Crippen LogP contribution >= 0.6 is 35.2 Å². The van der Waals surface area contributed by atoms with Crippen LogP contribution in [0.25, 0.3) is 11.2 Å². The average molecular weight is 1180 g/mol. The van der Waals surface area contributed by atoms with Gasteiger partial charge in [0.25, 0.3) is 0 Å². The molecule has 0 radical (unpaired) electrons. The number of nitrogens with two attached hydrogens (primary N) is 1. The van der Waals surface area contributed by atoms with E-state index in [4.69, 9.17) is 19.5 Å². The summed E-state index contributed by atoms with van der Waals surface area (Å²) >= 11 is 1.15. The maximum absolute atomic E-state index is 13.0. The van der Waals surface area contributed by atoms with Gasteiger partial charge in [-0.05, 0) is 91.4 Å². The number of nitrogen functional groups attached to an aromatic ring is 1. The summed E-state index contributed by atoms with van der Waals surface area (Å²) in [5.41, 5.74) is 5.58. The third-order valence-corrected chi connectivity index (χ3v) is 21.4. The maximum Gasteiger partial charge on any atom is 0.481 e. The van der Waals surface area contributed by atoms with Gasteiger partial charge in [-0.15, -0.1) is 0 Å². The molecule has 2 aromatic heterocycles. The molecule has 4 aliphatic carbocycles. The van der Waals surface area contributed by atoms with Crippen LogP contribution in [-0.2, 0) is 55.5 Å². The van der Waals surface area contributed by atoms with Crippen LogP contribution in [0.4, 0.5) is 5.82 Å². The molecule has 0 bridgehead atoms. The van der Waals surface area contributed by atoms with Crippen molar-refractivity contribution in [3.63, 3.8) is 0 Å². The summed E-state index contributed by atoms with van der Waals surface area (Å²) in [5.74, 6) is 1.06. The van der Waals surface area contributed by atoms with Crippen molar-refractivity contribution in [2.75, 3.05) is 37.8 Å². The second-order valence-electron chi connectivity index (χ2n) is 22.9. The second-order valence-corrected chi connectivity index (χ2v) is 28.2. The van der Waals surface area contributed by atoms with E-state index in [0.717, 1.165) is 85.9 Å². The van der Waals surface area contributed by atoms with Gasteiger partial charge in [-0.3, -0.25) is 37.3 Å². The lowest BCUT2D eigenvalue weighted by atomic mass is 9.45. The van der Waals surface area contributed by atoms with Crippen molar-refractivity contribution in [1.29, 1.82) is 0 Å². The van der Waals surface area contributed by atoms with Gasteiger partial charge in [0.2, 0.25) is 11.8 Å². The first kappa shape index (κ1) is 62.5. The van der Waals surface area contributed by atoms with E-state index in [0.29, 0.717) is 42.3 Å². The van der Waals surface area contributed by atoms with Gasteiger partial charge in [-0.1, -0.05) is 71.7 Å². The van der Waals surface area contributed by atoms with Crippen LogP contribution in [0.15, 0.2) is 24.3 Å². The van der Waals surface area contributed by atoms with Crippen LogP contribution in [-0.4, -0.2) is 140 Å². The number of nitrogens with one attached hydrogen (secondary N) is 2. The second kappa shape index (κ2) is 24.8. The number of hydrogen-bond acceptors (Lipinski definition) is 20. The first-order valence-electron chi connectivity index (χ1n) is 26.3. The number of amides is 2. The van der Waals surface area contributed by atoms with E-state index >= 15 is 0 Å². The van der Waals surface area contributed by atoms with E-state index in [-0.39, 0.29) is 70.1 Å². The van der Waals surface area contributed by atoms with Crippen molar-refractivity contribution < 1.29 is 90.4 Å². The van der Waals surface area contributed by atoms with Gasteiger partial charge in [-0.25, -0.2) is 28.6 Å². The molecule has 0 aromatic carbocycles. The van der Waals surface area contributed by atoms with E-state index < -0.39 is 90.7 Å². The summed E-state index contributed by atoms with van der Waals surface area (Å²) in [4.78, 5) is 102. The number of carbonyl (C=O) groups is 4. The number of ketones is 1. The lowest BCUT2D eigenvalue weighted by Gasteiger charge is -2.60. The normalized spacial score (nSPS) is 31.9. The van der Waals surface area contributed by atoms with Gasteiger partial charge < -0.3 is 56.0 Å². The van der Waals surface area contributed by atoms with Crippen molar-refractivity contribution in [2.45, 2.75) is 149 Å². The molecule has 78 heavy (non-hydrogen) atoms. The van der Waals surface area contributed by atoms with Crippen molar-refractivity contribution in [3.8, 4) is 0 Å². The number of anilines is 1. The van der Waals surface area contributed by atoms with Gasteiger partial charge in [0.05, 0.1) is 25.6 Å². The van der Waals surface area contributed by atoms with E-state index in [1.54, 1.807) is 0 Å². The molecular weight excluding hydrogens is 1100 g/mol. The van der Waals surface area contributed by atoms with Crippen LogP contribution < -0.4 is 16.4 Å². The molecule has 26 nitrogen and oxygen atoms in total. The number of aliphatic hydroxyl groups is 3.